The fourth-order valence-electron chi connectivity index (χ4n) is 1.54. The lowest BCUT2D eigenvalue weighted by Gasteiger charge is -1.95. The first kappa shape index (κ1) is 11.6. The normalized spacial score (nSPS) is 11.0. The van der Waals surface area contributed by atoms with E-state index < -0.39 is 0 Å². The zero-order valence-electron chi connectivity index (χ0n) is 9.48. The molecule has 0 fully saturated rings. The summed E-state index contributed by atoms with van der Waals surface area (Å²) >= 11 is 5.04. The third-order valence-electron chi connectivity index (χ3n) is 2.31. The van der Waals surface area contributed by atoms with Crippen molar-refractivity contribution in [2.45, 2.75) is 13.5 Å². The lowest BCUT2D eigenvalue weighted by molar-refractivity contribution is 0.379. The van der Waals surface area contributed by atoms with E-state index in [0.29, 0.717) is 18.3 Å². The number of thiazole rings is 1. The van der Waals surface area contributed by atoms with Crippen molar-refractivity contribution in [1.29, 1.82) is 0 Å². The monoisotopic (exact) mass is 324 g/mol. The Labute approximate surface area is 115 Å². The number of fused-ring (bicyclic) bond motifs is 1. The van der Waals surface area contributed by atoms with E-state index in [-0.39, 0.29) is 0 Å². The molecule has 1 N–H and O–H groups in total. The van der Waals surface area contributed by atoms with Gasteiger partial charge in [0.05, 0.1) is 16.8 Å². The first-order valence-corrected chi connectivity index (χ1v) is 6.91. The third kappa shape index (κ3) is 2.37. The number of hydrogen-bond donors (Lipinski definition) is 1. The van der Waals surface area contributed by atoms with Gasteiger partial charge in [-0.05, 0) is 25.1 Å². The van der Waals surface area contributed by atoms with Gasteiger partial charge < -0.3 is 9.84 Å². The lowest BCUT2D eigenvalue weighted by atomic mass is 10.3. The molecule has 0 bridgehead atoms. The van der Waals surface area contributed by atoms with Crippen molar-refractivity contribution in [2.24, 2.45) is 0 Å². The van der Waals surface area contributed by atoms with Gasteiger partial charge in [-0.15, -0.1) is 0 Å². The highest BCUT2D eigenvalue weighted by Crippen LogP contribution is 2.28. The predicted octanol–water partition coefficient (Wildman–Crippen LogP) is 3.36. The maximum Gasteiger partial charge on any atom is 0.246 e. The van der Waals surface area contributed by atoms with Crippen molar-refractivity contribution in [1.82, 2.24) is 15.1 Å². The maximum atomic E-state index is 5.02. The Kier molecular flexibility index (Phi) is 3.00. The predicted molar refractivity (Wildman–Crippen MR) is 73.7 cm³/mol. The molecule has 3 aromatic rings. The first-order chi connectivity index (χ1) is 8.70. The van der Waals surface area contributed by atoms with Crippen LogP contribution in [0.1, 0.15) is 11.7 Å². The van der Waals surface area contributed by atoms with E-state index in [1.54, 1.807) is 18.3 Å². The van der Waals surface area contributed by atoms with Gasteiger partial charge in [0, 0.05) is 4.47 Å². The van der Waals surface area contributed by atoms with Crippen LogP contribution in [0.5, 0.6) is 0 Å². The number of rotatable bonds is 3. The molecule has 0 spiro atoms. The number of benzene rings is 1. The van der Waals surface area contributed by atoms with E-state index in [1.165, 1.54) is 0 Å². The average molecular weight is 325 g/mol. The number of hydrogen-bond acceptors (Lipinski definition) is 6. The number of nitrogens with zero attached hydrogens (tertiary/aromatic N) is 3. The zero-order chi connectivity index (χ0) is 12.5. The highest BCUT2D eigenvalue weighted by Gasteiger charge is 2.06. The van der Waals surface area contributed by atoms with Crippen molar-refractivity contribution in [3.63, 3.8) is 0 Å². The van der Waals surface area contributed by atoms with Crippen LogP contribution in [0.25, 0.3) is 10.2 Å². The zero-order valence-corrected chi connectivity index (χ0v) is 11.9. The second kappa shape index (κ2) is 4.66. The molecule has 0 saturated carbocycles. The summed E-state index contributed by atoms with van der Waals surface area (Å²) in [7, 11) is 0. The van der Waals surface area contributed by atoms with E-state index >= 15 is 0 Å². The summed E-state index contributed by atoms with van der Waals surface area (Å²) in [4.78, 5) is 8.60. The van der Waals surface area contributed by atoms with Crippen LogP contribution in [0, 0.1) is 6.92 Å². The molecule has 92 valence electrons. The quantitative estimate of drug-likeness (QED) is 0.800. The molecule has 0 amide bonds. The molecular weight excluding hydrogens is 316 g/mol. The second-order valence-electron chi connectivity index (χ2n) is 3.72. The molecule has 3 rings (SSSR count). The van der Waals surface area contributed by atoms with Gasteiger partial charge in [-0.3, -0.25) is 0 Å². The Morgan fingerprint density at radius 3 is 3.06 bits per heavy atom. The van der Waals surface area contributed by atoms with Gasteiger partial charge in [0.1, 0.15) is 0 Å². The molecule has 2 heterocycles. The van der Waals surface area contributed by atoms with E-state index in [2.05, 4.69) is 42.4 Å². The Morgan fingerprint density at radius 1 is 1.39 bits per heavy atom. The van der Waals surface area contributed by atoms with E-state index in [1.807, 2.05) is 12.1 Å². The molecule has 0 atom stereocenters. The highest BCUT2D eigenvalue weighted by atomic mass is 79.9. The fourth-order valence-corrected chi connectivity index (χ4v) is 2.95. The van der Waals surface area contributed by atoms with Gasteiger partial charge in [0.25, 0.3) is 0 Å². The summed E-state index contributed by atoms with van der Waals surface area (Å²) in [5.41, 5.74) is 0.979. The summed E-state index contributed by atoms with van der Waals surface area (Å²) in [5.74, 6) is 1.20. The number of nitrogens with one attached hydrogen (secondary N) is 1. The highest BCUT2D eigenvalue weighted by molar-refractivity contribution is 9.10. The van der Waals surface area contributed by atoms with Gasteiger partial charge >= 0.3 is 0 Å². The van der Waals surface area contributed by atoms with Gasteiger partial charge in [0.2, 0.25) is 5.89 Å². The molecule has 2 aromatic heterocycles. The minimum absolute atomic E-state index is 0.488. The van der Waals surface area contributed by atoms with Crippen LogP contribution < -0.4 is 5.32 Å². The van der Waals surface area contributed by atoms with Crippen molar-refractivity contribution in [2.75, 3.05) is 5.32 Å². The summed E-state index contributed by atoms with van der Waals surface area (Å²) in [6.07, 6.45) is 0. The summed E-state index contributed by atoms with van der Waals surface area (Å²) in [6, 6.07) is 6.01. The van der Waals surface area contributed by atoms with Crippen molar-refractivity contribution >= 4 is 42.6 Å². The van der Waals surface area contributed by atoms with Crippen LogP contribution >= 0.6 is 27.3 Å². The molecule has 0 radical (unpaired) electrons. The Bertz CT molecular complexity index is 693. The van der Waals surface area contributed by atoms with Crippen LogP contribution in [-0.2, 0) is 6.54 Å². The number of aromatic nitrogens is 3. The second-order valence-corrected chi connectivity index (χ2v) is 5.67. The van der Waals surface area contributed by atoms with Gasteiger partial charge in [-0.2, -0.15) is 4.98 Å². The van der Waals surface area contributed by atoms with Gasteiger partial charge in [0.15, 0.2) is 11.0 Å². The summed E-state index contributed by atoms with van der Waals surface area (Å²) in [6.45, 7) is 2.28. The summed E-state index contributed by atoms with van der Waals surface area (Å²) < 4.78 is 7.21. The molecule has 0 aliphatic heterocycles. The number of halogens is 1. The van der Waals surface area contributed by atoms with Crippen LogP contribution in [0.3, 0.4) is 0 Å². The van der Waals surface area contributed by atoms with E-state index in [9.17, 15) is 0 Å². The van der Waals surface area contributed by atoms with Crippen LogP contribution in [0.4, 0.5) is 5.13 Å². The largest absolute Gasteiger partial charge is 0.352 e. The molecule has 18 heavy (non-hydrogen) atoms. The fraction of sp³-hybridized carbons (Fsp3) is 0.182. The van der Waals surface area contributed by atoms with Gasteiger partial charge in [-0.25, -0.2) is 4.98 Å². The molecule has 0 aliphatic carbocycles. The molecule has 0 unspecified atom stereocenters. The Balaban J connectivity index is 1.78. The lowest BCUT2D eigenvalue weighted by Crippen LogP contribution is -1.98. The molecular formula is C11H9BrN4OS. The molecule has 1 aromatic carbocycles. The van der Waals surface area contributed by atoms with E-state index in [0.717, 1.165) is 19.8 Å². The molecule has 0 aliphatic rings. The van der Waals surface area contributed by atoms with Crippen molar-refractivity contribution < 1.29 is 4.52 Å². The maximum absolute atomic E-state index is 5.02. The Morgan fingerprint density at radius 2 is 2.28 bits per heavy atom. The minimum Gasteiger partial charge on any atom is -0.352 e. The molecule has 0 saturated heterocycles. The standard InChI is InChI=1S/C11H9BrN4OS/c1-6-14-10(17-16-6)5-13-11-15-8-3-2-7(12)4-9(8)18-11/h2-4H,5H2,1H3,(H,13,15). The molecule has 7 heteroatoms. The van der Waals surface area contributed by atoms with Gasteiger partial charge in [-0.1, -0.05) is 32.4 Å². The SMILES string of the molecule is Cc1noc(CNc2nc3ccc(Br)cc3s2)n1. The van der Waals surface area contributed by atoms with Crippen molar-refractivity contribution in [3.05, 3.63) is 34.4 Å². The average Bonchev–Trinajstić information content (AvgIpc) is 2.92. The van der Waals surface area contributed by atoms with Crippen LogP contribution in [0.15, 0.2) is 27.2 Å². The smallest absolute Gasteiger partial charge is 0.246 e. The van der Waals surface area contributed by atoms with Crippen LogP contribution in [-0.4, -0.2) is 15.1 Å². The number of aryl methyl sites for hydroxylation is 1. The summed E-state index contributed by atoms with van der Waals surface area (Å²) in [5, 5.41) is 7.76. The minimum atomic E-state index is 0.488. The molecule has 5 nitrogen and oxygen atoms in total. The van der Waals surface area contributed by atoms with Crippen LogP contribution in [0.2, 0.25) is 0 Å². The topological polar surface area (TPSA) is 63.8 Å². The third-order valence-corrected chi connectivity index (χ3v) is 3.78. The Hall–Kier alpha value is -1.47. The van der Waals surface area contributed by atoms with E-state index in [4.69, 9.17) is 4.52 Å². The first-order valence-electron chi connectivity index (χ1n) is 5.30. The number of anilines is 1. The van der Waals surface area contributed by atoms with Crippen molar-refractivity contribution in [3.8, 4) is 0 Å².